The molecule has 2 fully saturated rings. The lowest BCUT2D eigenvalue weighted by Crippen LogP contribution is -2.36. The number of nitrogens with one attached hydrogen (secondary N) is 1. The summed E-state index contributed by atoms with van der Waals surface area (Å²) in [6.07, 6.45) is 8.12. The fourth-order valence-electron chi connectivity index (χ4n) is 3.98. The number of hydrogen-bond donors (Lipinski definition) is 1. The van der Waals surface area contributed by atoms with Crippen molar-refractivity contribution in [1.29, 1.82) is 0 Å². The van der Waals surface area contributed by atoms with Crippen LogP contribution in [0.2, 0.25) is 0 Å². The summed E-state index contributed by atoms with van der Waals surface area (Å²) >= 11 is 1.74. The number of nitrogens with zero attached hydrogens (tertiary/aromatic N) is 4. The van der Waals surface area contributed by atoms with Crippen molar-refractivity contribution in [3.8, 4) is 0 Å². The third-order valence-corrected chi connectivity index (χ3v) is 6.51. The fourth-order valence-corrected chi connectivity index (χ4v) is 4.44. The summed E-state index contributed by atoms with van der Waals surface area (Å²) in [5, 5.41) is 3.43. The maximum atomic E-state index is 4.88. The van der Waals surface area contributed by atoms with Gasteiger partial charge in [0.2, 0.25) is 5.95 Å². The van der Waals surface area contributed by atoms with Crippen LogP contribution in [0.15, 0.2) is 35.2 Å². The van der Waals surface area contributed by atoms with Crippen LogP contribution in [0.1, 0.15) is 38.3 Å². The Morgan fingerprint density at radius 2 is 2.04 bits per heavy atom. The second-order valence-corrected chi connectivity index (χ2v) is 8.81. The SMILES string of the molecule is CCCc1cc(N2CC[C@H](N(C)C3CC3)C2)nc(Nc2cccc(SC)c2)n1. The molecule has 1 saturated carbocycles. The molecule has 1 aromatic carbocycles. The number of anilines is 3. The second kappa shape index (κ2) is 8.70. The molecule has 0 spiro atoms. The summed E-state index contributed by atoms with van der Waals surface area (Å²) in [6.45, 7) is 4.34. The van der Waals surface area contributed by atoms with Crippen LogP contribution in [0.25, 0.3) is 0 Å². The Morgan fingerprint density at radius 1 is 1.18 bits per heavy atom. The Labute approximate surface area is 172 Å². The molecule has 0 radical (unpaired) electrons. The molecule has 0 unspecified atom stereocenters. The van der Waals surface area contributed by atoms with E-state index in [4.69, 9.17) is 9.97 Å². The molecule has 1 aliphatic heterocycles. The topological polar surface area (TPSA) is 44.3 Å². The van der Waals surface area contributed by atoms with Gasteiger partial charge in [-0.3, -0.25) is 4.90 Å². The fraction of sp³-hybridized carbons (Fsp3) is 0.545. The number of aromatic nitrogens is 2. The van der Waals surface area contributed by atoms with Crippen molar-refractivity contribution in [1.82, 2.24) is 14.9 Å². The third kappa shape index (κ3) is 4.61. The first kappa shape index (κ1) is 19.5. The monoisotopic (exact) mass is 397 g/mol. The van der Waals surface area contributed by atoms with E-state index in [-0.39, 0.29) is 0 Å². The van der Waals surface area contributed by atoms with Crippen LogP contribution in [-0.4, -0.2) is 53.3 Å². The lowest BCUT2D eigenvalue weighted by Gasteiger charge is -2.25. The van der Waals surface area contributed by atoms with E-state index in [2.05, 4.69) is 65.7 Å². The van der Waals surface area contributed by atoms with Crippen molar-refractivity contribution < 1.29 is 0 Å². The van der Waals surface area contributed by atoms with Gasteiger partial charge >= 0.3 is 0 Å². The minimum Gasteiger partial charge on any atom is -0.355 e. The molecule has 1 atom stereocenters. The van der Waals surface area contributed by atoms with E-state index in [1.54, 1.807) is 11.8 Å². The van der Waals surface area contributed by atoms with Gasteiger partial charge in [0, 0.05) is 47.5 Å². The van der Waals surface area contributed by atoms with E-state index >= 15 is 0 Å². The summed E-state index contributed by atoms with van der Waals surface area (Å²) in [7, 11) is 2.29. The van der Waals surface area contributed by atoms with Crippen LogP contribution in [0.5, 0.6) is 0 Å². The summed E-state index contributed by atoms with van der Waals surface area (Å²) in [5.41, 5.74) is 2.16. The molecule has 5 nitrogen and oxygen atoms in total. The van der Waals surface area contributed by atoms with Crippen LogP contribution >= 0.6 is 11.8 Å². The first-order chi connectivity index (χ1) is 13.7. The van der Waals surface area contributed by atoms with Crippen molar-refractivity contribution in [2.75, 3.05) is 36.6 Å². The molecule has 1 aliphatic carbocycles. The van der Waals surface area contributed by atoms with E-state index < -0.39 is 0 Å². The second-order valence-electron chi connectivity index (χ2n) is 7.93. The van der Waals surface area contributed by atoms with Gasteiger partial charge in [-0.15, -0.1) is 11.8 Å². The molecule has 1 N–H and O–H groups in total. The van der Waals surface area contributed by atoms with Crippen LogP contribution in [-0.2, 0) is 6.42 Å². The lowest BCUT2D eigenvalue weighted by atomic mass is 10.2. The predicted octanol–water partition coefficient (Wildman–Crippen LogP) is 4.57. The van der Waals surface area contributed by atoms with E-state index in [1.165, 1.54) is 24.2 Å². The Morgan fingerprint density at radius 3 is 2.79 bits per heavy atom. The molecule has 0 bridgehead atoms. The van der Waals surface area contributed by atoms with Crippen molar-refractivity contribution in [2.24, 2.45) is 0 Å². The minimum atomic E-state index is 0.645. The van der Waals surface area contributed by atoms with Crippen molar-refractivity contribution >= 4 is 29.2 Å². The van der Waals surface area contributed by atoms with Gasteiger partial charge in [0.15, 0.2) is 0 Å². The summed E-state index contributed by atoms with van der Waals surface area (Å²) < 4.78 is 0. The number of likely N-dealkylation sites (N-methyl/N-ethyl adjacent to an activating group) is 1. The zero-order valence-corrected chi connectivity index (χ0v) is 18.0. The van der Waals surface area contributed by atoms with Gasteiger partial charge in [-0.2, -0.15) is 4.98 Å². The van der Waals surface area contributed by atoms with Gasteiger partial charge in [0.05, 0.1) is 0 Å². The lowest BCUT2D eigenvalue weighted by molar-refractivity contribution is 0.249. The molecule has 150 valence electrons. The zero-order chi connectivity index (χ0) is 19.5. The number of rotatable bonds is 8. The molecule has 2 aromatic rings. The quantitative estimate of drug-likeness (QED) is 0.659. The number of benzene rings is 1. The predicted molar refractivity (Wildman–Crippen MR) is 119 cm³/mol. The van der Waals surface area contributed by atoms with Gasteiger partial charge in [-0.1, -0.05) is 19.4 Å². The zero-order valence-electron chi connectivity index (χ0n) is 17.2. The Kier molecular flexibility index (Phi) is 6.07. The van der Waals surface area contributed by atoms with Crippen molar-refractivity contribution in [3.63, 3.8) is 0 Å². The molecule has 1 saturated heterocycles. The number of hydrogen-bond acceptors (Lipinski definition) is 6. The average molecular weight is 398 g/mol. The molecule has 2 heterocycles. The number of thioether (sulfide) groups is 1. The van der Waals surface area contributed by atoms with Crippen LogP contribution in [0.3, 0.4) is 0 Å². The minimum absolute atomic E-state index is 0.645. The molecule has 1 aromatic heterocycles. The van der Waals surface area contributed by atoms with E-state index in [1.807, 2.05) is 0 Å². The van der Waals surface area contributed by atoms with Crippen LogP contribution < -0.4 is 10.2 Å². The van der Waals surface area contributed by atoms with Crippen LogP contribution in [0.4, 0.5) is 17.5 Å². The van der Waals surface area contributed by atoms with Gasteiger partial charge in [-0.25, -0.2) is 4.98 Å². The smallest absolute Gasteiger partial charge is 0.229 e. The highest BCUT2D eigenvalue weighted by atomic mass is 32.2. The highest BCUT2D eigenvalue weighted by Crippen LogP contribution is 2.31. The first-order valence-electron chi connectivity index (χ1n) is 10.4. The molecular formula is C22H31N5S. The van der Waals surface area contributed by atoms with Gasteiger partial charge in [0.1, 0.15) is 5.82 Å². The Hall–Kier alpha value is -1.79. The standard InChI is InChI=1S/C22H31N5S/c1-4-6-16-14-21(27-12-11-19(15-27)26(2)18-9-10-18)25-22(23-16)24-17-7-5-8-20(13-17)28-3/h5,7-8,13-14,18-19H,4,6,9-12,15H2,1-3H3,(H,23,24,25)/t19-/m0/s1. The first-order valence-corrected chi connectivity index (χ1v) is 11.6. The molecule has 4 rings (SSSR count). The third-order valence-electron chi connectivity index (χ3n) is 5.78. The van der Waals surface area contributed by atoms with Gasteiger partial charge in [-0.05, 0) is 57.2 Å². The maximum Gasteiger partial charge on any atom is 0.229 e. The molecule has 6 heteroatoms. The normalized spacial score (nSPS) is 19.4. The van der Waals surface area contributed by atoms with Crippen LogP contribution in [0, 0.1) is 0 Å². The number of aryl methyl sites for hydroxylation is 1. The van der Waals surface area contributed by atoms with Gasteiger partial charge < -0.3 is 10.2 Å². The Bertz CT molecular complexity index is 807. The molecule has 0 amide bonds. The average Bonchev–Trinajstić information content (AvgIpc) is 3.44. The summed E-state index contributed by atoms with van der Waals surface area (Å²) in [5.74, 6) is 1.77. The van der Waals surface area contributed by atoms with Gasteiger partial charge in [0.25, 0.3) is 0 Å². The highest BCUT2D eigenvalue weighted by molar-refractivity contribution is 7.98. The van der Waals surface area contributed by atoms with Crippen molar-refractivity contribution in [2.45, 2.75) is 56.0 Å². The van der Waals surface area contributed by atoms with E-state index in [0.717, 1.165) is 49.2 Å². The van der Waals surface area contributed by atoms with Crippen molar-refractivity contribution in [3.05, 3.63) is 36.0 Å². The summed E-state index contributed by atoms with van der Waals surface area (Å²) in [4.78, 5) is 15.9. The molecular weight excluding hydrogens is 366 g/mol. The largest absolute Gasteiger partial charge is 0.355 e. The Balaban J connectivity index is 1.53. The van der Waals surface area contributed by atoms with E-state index in [9.17, 15) is 0 Å². The summed E-state index contributed by atoms with van der Waals surface area (Å²) in [6, 6.07) is 12.1. The molecule has 2 aliphatic rings. The van der Waals surface area contributed by atoms with E-state index in [0.29, 0.717) is 12.0 Å². The maximum absolute atomic E-state index is 4.88. The molecule has 28 heavy (non-hydrogen) atoms. The highest BCUT2D eigenvalue weighted by Gasteiger charge is 2.35.